The lowest BCUT2D eigenvalue weighted by Crippen LogP contribution is -2.36. The van der Waals surface area contributed by atoms with Crippen molar-refractivity contribution < 1.29 is 4.42 Å². The standard InChI is InChI=1S/C20H26N6O.HI/c1-20(2,3)17-13-22-18(27-17)14-24-19(21-4)23-12-15-10-11-26(25-15)16-8-6-5-7-9-16;/h5-11,13H,12,14H2,1-4H3,(H2,21,23,24);1H. The highest BCUT2D eigenvalue weighted by Crippen LogP contribution is 2.22. The molecule has 0 amide bonds. The number of guanidine groups is 1. The summed E-state index contributed by atoms with van der Waals surface area (Å²) < 4.78 is 7.64. The maximum atomic E-state index is 5.79. The molecule has 0 radical (unpaired) electrons. The number of para-hydroxylation sites is 1. The van der Waals surface area contributed by atoms with E-state index < -0.39 is 0 Å². The molecule has 0 unspecified atom stereocenters. The zero-order chi connectivity index (χ0) is 19.3. The van der Waals surface area contributed by atoms with E-state index in [9.17, 15) is 0 Å². The number of halogens is 1. The largest absolute Gasteiger partial charge is 0.443 e. The van der Waals surface area contributed by atoms with Crippen molar-refractivity contribution in [2.75, 3.05) is 7.05 Å². The third kappa shape index (κ3) is 5.82. The van der Waals surface area contributed by atoms with Gasteiger partial charge in [-0.25, -0.2) is 9.67 Å². The molecule has 8 heteroatoms. The molecular weight excluding hydrogens is 467 g/mol. The average molecular weight is 494 g/mol. The summed E-state index contributed by atoms with van der Waals surface area (Å²) in [6.07, 6.45) is 3.73. The molecule has 28 heavy (non-hydrogen) atoms. The summed E-state index contributed by atoms with van der Waals surface area (Å²) in [6.45, 7) is 7.33. The first kappa shape index (κ1) is 21.9. The number of aliphatic imine (C=N–C) groups is 1. The molecule has 2 aromatic heterocycles. The number of benzene rings is 1. The summed E-state index contributed by atoms with van der Waals surface area (Å²) in [5.74, 6) is 2.17. The van der Waals surface area contributed by atoms with Crippen molar-refractivity contribution in [3.8, 4) is 5.69 Å². The Morgan fingerprint density at radius 1 is 1.11 bits per heavy atom. The molecule has 3 rings (SSSR count). The topological polar surface area (TPSA) is 80.3 Å². The number of hydrogen-bond donors (Lipinski definition) is 2. The van der Waals surface area contributed by atoms with Crippen molar-refractivity contribution in [2.24, 2.45) is 4.99 Å². The van der Waals surface area contributed by atoms with Gasteiger partial charge < -0.3 is 15.1 Å². The Morgan fingerprint density at radius 2 is 1.82 bits per heavy atom. The fourth-order valence-corrected chi connectivity index (χ4v) is 2.47. The van der Waals surface area contributed by atoms with Crippen LogP contribution in [0.2, 0.25) is 0 Å². The summed E-state index contributed by atoms with van der Waals surface area (Å²) in [4.78, 5) is 8.55. The van der Waals surface area contributed by atoms with Crippen molar-refractivity contribution in [1.82, 2.24) is 25.4 Å². The molecule has 0 aliphatic rings. The molecule has 0 saturated carbocycles. The van der Waals surface area contributed by atoms with Crippen LogP contribution in [-0.2, 0) is 18.5 Å². The molecule has 0 atom stereocenters. The Hall–Kier alpha value is -2.36. The Morgan fingerprint density at radius 3 is 2.46 bits per heavy atom. The van der Waals surface area contributed by atoms with Crippen LogP contribution in [0.15, 0.2) is 58.2 Å². The van der Waals surface area contributed by atoms with E-state index in [1.54, 1.807) is 13.2 Å². The van der Waals surface area contributed by atoms with Gasteiger partial charge in [-0.05, 0) is 18.2 Å². The Labute approximate surface area is 182 Å². The number of aromatic nitrogens is 3. The molecule has 0 aliphatic heterocycles. The zero-order valence-corrected chi connectivity index (χ0v) is 19.0. The number of nitrogens with one attached hydrogen (secondary N) is 2. The van der Waals surface area contributed by atoms with Crippen molar-refractivity contribution in [3.05, 3.63) is 66.1 Å². The monoisotopic (exact) mass is 494 g/mol. The van der Waals surface area contributed by atoms with Gasteiger partial charge in [0.2, 0.25) is 5.89 Å². The molecule has 0 fully saturated rings. The van der Waals surface area contributed by atoms with Gasteiger partial charge >= 0.3 is 0 Å². The van der Waals surface area contributed by atoms with Gasteiger partial charge in [0.1, 0.15) is 5.76 Å². The van der Waals surface area contributed by atoms with Gasteiger partial charge in [-0.2, -0.15) is 5.10 Å². The molecule has 1 aromatic carbocycles. The number of rotatable bonds is 5. The first-order valence-corrected chi connectivity index (χ1v) is 8.95. The molecule has 150 valence electrons. The van der Waals surface area contributed by atoms with Crippen LogP contribution >= 0.6 is 24.0 Å². The van der Waals surface area contributed by atoms with Crippen molar-refractivity contribution in [2.45, 2.75) is 39.3 Å². The van der Waals surface area contributed by atoms with Crippen LogP contribution in [0.4, 0.5) is 0 Å². The van der Waals surface area contributed by atoms with E-state index in [0.29, 0.717) is 24.9 Å². The van der Waals surface area contributed by atoms with Gasteiger partial charge in [0, 0.05) is 18.7 Å². The van der Waals surface area contributed by atoms with E-state index in [2.05, 4.69) is 46.5 Å². The van der Waals surface area contributed by atoms with E-state index in [-0.39, 0.29) is 29.4 Å². The van der Waals surface area contributed by atoms with E-state index in [4.69, 9.17) is 4.42 Å². The highest BCUT2D eigenvalue weighted by atomic mass is 127. The minimum absolute atomic E-state index is 0. The van der Waals surface area contributed by atoms with E-state index in [0.717, 1.165) is 17.1 Å². The molecule has 7 nitrogen and oxygen atoms in total. The number of oxazole rings is 1. The van der Waals surface area contributed by atoms with Crippen molar-refractivity contribution in [1.29, 1.82) is 0 Å². The van der Waals surface area contributed by atoms with Gasteiger partial charge in [-0.3, -0.25) is 4.99 Å². The van der Waals surface area contributed by atoms with Crippen LogP contribution < -0.4 is 10.6 Å². The Kier molecular flexibility index (Phi) is 7.61. The first-order valence-electron chi connectivity index (χ1n) is 8.95. The zero-order valence-electron chi connectivity index (χ0n) is 16.6. The fourth-order valence-electron chi connectivity index (χ4n) is 2.47. The molecule has 0 bridgehead atoms. The van der Waals surface area contributed by atoms with Crippen LogP contribution in [0.5, 0.6) is 0 Å². The lowest BCUT2D eigenvalue weighted by atomic mass is 9.94. The molecule has 2 heterocycles. The van der Waals surface area contributed by atoms with Crippen molar-refractivity contribution in [3.63, 3.8) is 0 Å². The lowest BCUT2D eigenvalue weighted by Gasteiger charge is -2.13. The van der Waals surface area contributed by atoms with Gasteiger partial charge in [0.15, 0.2) is 5.96 Å². The number of hydrogen-bond acceptors (Lipinski definition) is 4. The SMILES string of the molecule is CN=C(NCc1ccn(-c2ccccc2)n1)NCc1ncc(C(C)(C)C)o1.I. The minimum atomic E-state index is -0.0528. The van der Waals surface area contributed by atoms with Gasteiger partial charge in [-0.15, -0.1) is 24.0 Å². The molecule has 0 spiro atoms. The highest BCUT2D eigenvalue weighted by Gasteiger charge is 2.19. The molecule has 2 N–H and O–H groups in total. The van der Waals surface area contributed by atoms with Gasteiger partial charge in [-0.1, -0.05) is 39.0 Å². The maximum Gasteiger partial charge on any atom is 0.213 e. The van der Waals surface area contributed by atoms with E-state index >= 15 is 0 Å². The quantitative estimate of drug-likeness (QED) is 0.322. The predicted octanol–water partition coefficient (Wildman–Crippen LogP) is 3.64. The van der Waals surface area contributed by atoms with Gasteiger partial charge in [0.25, 0.3) is 0 Å². The Balaban J connectivity index is 0.00000280. The molecule has 0 aliphatic carbocycles. The second-order valence-corrected chi connectivity index (χ2v) is 7.23. The third-order valence-corrected chi connectivity index (χ3v) is 4.03. The summed E-state index contributed by atoms with van der Waals surface area (Å²) >= 11 is 0. The Bertz CT molecular complexity index is 895. The number of nitrogens with zero attached hydrogens (tertiary/aromatic N) is 4. The van der Waals surface area contributed by atoms with Crippen LogP contribution in [0, 0.1) is 0 Å². The summed E-state index contributed by atoms with van der Waals surface area (Å²) in [7, 11) is 1.73. The minimum Gasteiger partial charge on any atom is -0.443 e. The lowest BCUT2D eigenvalue weighted by molar-refractivity contribution is 0.379. The average Bonchev–Trinajstić information content (AvgIpc) is 3.32. The first-order chi connectivity index (χ1) is 13.0. The normalized spacial score (nSPS) is 11.8. The van der Waals surface area contributed by atoms with E-state index in [1.165, 1.54) is 0 Å². The fraction of sp³-hybridized carbons (Fsp3) is 0.350. The van der Waals surface area contributed by atoms with Crippen LogP contribution in [-0.4, -0.2) is 27.8 Å². The van der Waals surface area contributed by atoms with Crippen LogP contribution in [0.3, 0.4) is 0 Å². The smallest absolute Gasteiger partial charge is 0.213 e. The van der Waals surface area contributed by atoms with Crippen molar-refractivity contribution >= 4 is 29.9 Å². The second kappa shape index (κ2) is 9.72. The maximum absolute atomic E-state index is 5.79. The summed E-state index contributed by atoms with van der Waals surface area (Å²) in [5, 5.41) is 11.0. The molecule has 0 saturated heterocycles. The van der Waals surface area contributed by atoms with Crippen LogP contribution in [0.25, 0.3) is 5.69 Å². The summed E-state index contributed by atoms with van der Waals surface area (Å²) in [5.41, 5.74) is 1.90. The van der Waals surface area contributed by atoms with Gasteiger partial charge in [0.05, 0.1) is 30.7 Å². The molecular formula is C20H27IN6O. The van der Waals surface area contributed by atoms with E-state index in [1.807, 2.05) is 47.3 Å². The highest BCUT2D eigenvalue weighted by molar-refractivity contribution is 14.0. The molecule has 3 aromatic rings. The van der Waals surface area contributed by atoms with Crippen LogP contribution in [0.1, 0.15) is 38.1 Å². The third-order valence-electron chi connectivity index (χ3n) is 4.03. The summed E-state index contributed by atoms with van der Waals surface area (Å²) in [6, 6.07) is 12.0. The second-order valence-electron chi connectivity index (χ2n) is 7.23. The predicted molar refractivity (Wildman–Crippen MR) is 121 cm³/mol.